The number of fused-ring (bicyclic) bond motifs is 1. The summed E-state index contributed by atoms with van der Waals surface area (Å²) in [6.07, 6.45) is 2.32. The fourth-order valence-corrected chi connectivity index (χ4v) is 3.44. The summed E-state index contributed by atoms with van der Waals surface area (Å²) in [4.78, 5) is 0. The van der Waals surface area contributed by atoms with E-state index in [2.05, 4.69) is 58.5 Å². The van der Waals surface area contributed by atoms with Crippen LogP contribution in [0, 0.1) is 0 Å². The Morgan fingerprint density at radius 3 is 2.70 bits per heavy atom. The summed E-state index contributed by atoms with van der Waals surface area (Å²) in [5.41, 5.74) is 4.18. The van der Waals surface area contributed by atoms with Crippen molar-refractivity contribution in [2.75, 3.05) is 0 Å². The molecule has 2 aromatic carbocycles. The molecule has 0 aromatic heterocycles. The second kappa shape index (κ2) is 5.88. The molecule has 3 rings (SSSR count). The van der Waals surface area contributed by atoms with E-state index >= 15 is 0 Å². The van der Waals surface area contributed by atoms with Gasteiger partial charge in [-0.15, -0.1) is 0 Å². The molecule has 0 amide bonds. The Bertz CT molecular complexity index is 609. The minimum atomic E-state index is 0.326. The van der Waals surface area contributed by atoms with Crippen molar-refractivity contribution in [3.05, 3.63) is 68.7 Å². The maximum Gasteiger partial charge on any atom is 0.0406 e. The summed E-state index contributed by atoms with van der Waals surface area (Å²) in [6.45, 7) is 2.21. The lowest BCUT2D eigenvalue weighted by Crippen LogP contribution is -2.22. The van der Waals surface area contributed by atoms with Gasteiger partial charge < -0.3 is 5.32 Å². The molecule has 0 radical (unpaired) electrons. The number of halogens is 2. The van der Waals surface area contributed by atoms with E-state index < -0.39 is 0 Å². The summed E-state index contributed by atoms with van der Waals surface area (Å²) < 4.78 is 1.17. The van der Waals surface area contributed by atoms with Crippen molar-refractivity contribution in [1.29, 1.82) is 0 Å². The van der Waals surface area contributed by atoms with Crippen LogP contribution in [0.5, 0.6) is 0 Å². The fraction of sp³-hybridized carbons (Fsp3) is 0.294. The van der Waals surface area contributed by atoms with Gasteiger partial charge in [-0.25, -0.2) is 0 Å². The Labute approximate surface area is 133 Å². The van der Waals surface area contributed by atoms with Crippen LogP contribution in [-0.2, 0) is 6.42 Å². The molecule has 1 aliphatic rings. The van der Waals surface area contributed by atoms with Crippen molar-refractivity contribution in [1.82, 2.24) is 5.32 Å². The zero-order valence-electron chi connectivity index (χ0n) is 11.4. The van der Waals surface area contributed by atoms with E-state index in [9.17, 15) is 0 Å². The third-order valence-electron chi connectivity index (χ3n) is 4.00. The van der Waals surface area contributed by atoms with E-state index in [1.54, 1.807) is 0 Å². The third kappa shape index (κ3) is 2.93. The monoisotopic (exact) mass is 349 g/mol. The summed E-state index contributed by atoms with van der Waals surface area (Å²) in [5, 5.41) is 4.52. The highest BCUT2D eigenvalue weighted by atomic mass is 79.9. The second-order valence-corrected chi connectivity index (χ2v) is 6.73. The van der Waals surface area contributed by atoms with Crippen LogP contribution in [0.4, 0.5) is 0 Å². The molecular weight excluding hydrogens is 334 g/mol. The number of hydrogen-bond acceptors (Lipinski definition) is 1. The van der Waals surface area contributed by atoms with Gasteiger partial charge in [-0.1, -0.05) is 45.7 Å². The van der Waals surface area contributed by atoms with E-state index in [0.717, 1.165) is 11.4 Å². The van der Waals surface area contributed by atoms with Crippen molar-refractivity contribution in [2.45, 2.75) is 31.8 Å². The normalized spacial score (nSPS) is 18.9. The average molecular weight is 351 g/mol. The molecule has 0 fully saturated rings. The highest BCUT2D eigenvalue weighted by Gasteiger charge is 2.23. The molecule has 0 spiro atoms. The number of rotatable bonds is 3. The number of hydrogen-bond donors (Lipinski definition) is 1. The molecular formula is C17H17BrClN. The van der Waals surface area contributed by atoms with Crippen molar-refractivity contribution < 1.29 is 0 Å². The number of aryl methyl sites for hydroxylation is 1. The SMILES string of the molecule is C[C@@H](NC1CCc2cc(Br)ccc21)c1ccc(Cl)cc1. The molecule has 104 valence electrons. The predicted octanol–water partition coefficient (Wildman–Crippen LogP) is 5.44. The first kappa shape index (κ1) is 14.1. The van der Waals surface area contributed by atoms with Crippen LogP contribution in [0.1, 0.15) is 42.1 Å². The predicted molar refractivity (Wildman–Crippen MR) is 88.2 cm³/mol. The first-order valence-electron chi connectivity index (χ1n) is 6.93. The summed E-state index contributed by atoms with van der Waals surface area (Å²) >= 11 is 9.49. The molecule has 0 heterocycles. The molecule has 0 aliphatic heterocycles. The molecule has 3 heteroatoms. The standard InChI is InChI=1S/C17H17BrClN/c1-11(12-2-6-15(19)7-3-12)20-17-9-4-13-10-14(18)5-8-16(13)17/h2-3,5-8,10-11,17,20H,4,9H2,1H3/t11-,17?/m1/s1. The Morgan fingerprint density at radius 1 is 1.20 bits per heavy atom. The van der Waals surface area contributed by atoms with Crippen LogP contribution in [0.25, 0.3) is 0 Å². The fourth-order valence-electron chi connectivity index (χ4n) is 2.91. The van der Waals surface area contributed by atoms with E-state index in [0.29, 0.717) is 12.1 Å². The average Bonchev–Trinajstić information content (AvgIpc) is 2.81. The lowest BCUT2D eigenvalue weighted by Gasteiger charge is -2.21. The molecule has 2 aromatic rings. The highest BCUT2D eigenvalue weighted by molar-refractivity contribution is 9.10. The van der Waals surface area contributed by atoms with Crippen LogP contribution in [-0.4, -0.2) is 0 Å². The minimum Gasteiger partial charge on any atom is -0.303 e. The van der Waals surface area contributed by atoms with Crippen molar-refractivity contribution in [3.8, 4) is 0 Å². The van der Waals surface area contributed by atoms with Gasteiger partial charge in [0, 0.05) is 21.6 Å². The largest absolute Gasteiger partial charge is 0.303 e. The number of nitrogens with one attached hydrogen (secondary N) is 1. The zero-order valence-corrected chi connectivity index (χ0v) is 13.7. The van der Waals surface area contributed by atoms with Crippen LogP contribution >= 0.6 is 27.5 Å². The summed E-state index contributed by atoms with van der Waals surface area (Å²) in [5.74, 6) is 0. The Hall–Kier alpha value is -0.830. The van der Waals surface area contributed by atoms with Crippen LogP contribution < -0.4 is 5.32 Å². The van der Waals surface area contributed by atoms with E-state index in [-0.39, 0.29) is 0 Å². The topological polar surface area (TPSA) is 12.0 Å². The van der Waals surface area contributed by atoms with Crippen LogP contribution in [0.3, 0.4) is 0 Å². The zero-order chi connectivity index (χ0) is 14.1. The van der Waals surface area contributed by atoms with Crippen molar-refractivity contribution >= 4 is 27.5 Å². The molecule has 2 atom stereocenters. The van der Waals surface area contributed by atoms with Gasteiger partial charge in [-0.3, -0.25) is 0 Å². The first-order valence-corrected chi connectivity index (χ1v) is 8.10. The van der Waals surface area contributed by atoms with Gasteiger partial charge in [-0.2, -0.15) is 0 Å². The smallest absolute Gasteiger partial charge is 0.0406 e. The Kier molecular flexibility index (Phi) is 4.16. The molecule has 20 heavy (non-hydrogen) atoms. The van der Waals surface area contributed by atoms with Gasteiger partial charge in [0.05, 0.1) is 0 Å². The molecule has 0 saturated heterocycles. The molecule has 1 nitrogen and oxygen atoms in total. The van der Waals surface area contributed by atoms with Gasteiger partial charge in [0.25, 0.3) is 0 Å². The van der Waals surface area contributed by atoms with Crippen LogP contribution in [0.2, 0.25) is 5.02 Å². The summed E-state index contributed by atoms with van der Waals surface area (Å²) in [6, 6.07) is 15.5. The molecule has 1 aliphatic carbocycles. The van der Waals surface area contributed by atoms with E-state index in [1.807, 2.05) is 12.1 Å². The maximum absolute atomic E-state index is 5.94. The van der Waals surface area contributed by atoms with E-state index in [4.69, 9.17) is 11.6 Å². The molecule has 0 bridgehead atoms. The van der Waals surface area contributed by atoms with E-state index in [1.165, 1.54) is 27.6 Å². The lowest BCUT2D eigenvalue weighted by atomic mass is 10.0. The van der Waals surface area contributed by atoms with Gasteiger partial charge in [-0.05, 0) is 60.7 Å². The second-order valence-electron chi connectivity index (χ2n) is 5.37. The van der Waals surface area contributed by atoms with Gasteiger partial charge in [0.1, 0.15) is 0 Å². The molecule has 1 N–H and O–H groups in total. The van der Waals surface area contributed by atoms with Crippen molar-refractivity contribution in [2.24, 2.45) is 0 Å². The van der Waals surface area contributed by atoms with Gasteiger partial charge in [0.15, 0.2) is 0 Å². The number of benzene rings is 2. The maximum atomic E-state index is 5.94. The van der Waals surface area contributed by atoms with Gasteiger partial charge in [0.2, 0.25) is 0 Å². The summed E-state index contributed by atoms with van der Waals surface area (Å²) in [7, 11) is 0. The van der Waals surface area contributed by atoms with Gasteiger partial charge >= 0.3 is 0 Å². The Morgan fingerprint density at radius 2 is 1.95 bits per heavy atom. The molecule has 0 saturated carbocycles. The molecule has 1 unspecified atom stereocenters. The van der Waals surface area contributed by atoms with Crippen LogP contribution in [0.15, 0.2) is 46.9 Å². The minimum absolute atomic E-state index is 0.326. The quantitative estimate of drug-likeness (QED) is 0.777. The lowest BCUT2D eigenvalue weighted by molar-refractivity contribution is 0.465. The first-order chi connectivity index (χ1) is 9.63. The highest BCUT2D eigenvalue weighted by Crippen LogP contribution is 2.34. The third-order valence-corrected chi connectivity index (χ3v) is 4.75. The Balaban J connectivity index is 1.75. The van der Waals surface area contributed by atoms with Crippen molar-refractivity contribution in [3.63, 3.8) is 0 Å².